The lowest BCUT2D eigenvalue weighted by atomic mass is 10.00. The second-order valence-corrected chi connectivity index (χ2v) is 6.99. The fourth-order valence-corrected chi connectivity index (χ4v) is 4.61. The van der Waals surface area contributed by atoms with Gasteiger partial charge in [-0.15, -0.1) is 11.3 Å². The number of thiophene rings is 1. The van der Waals surface area contributed by atoms with E-state index < -0.39 is 0 Å². The van der Waals surface area contributed by atoms with E-state index in [0.717, 1.165) is 26.7 Å². The van der Waals surface area contributed by atoms with Crippen LogP contribution in [0.4, 0.5) is 0 Å². The maximum Gasteiger partial charge on any atom is 0.177 e. The Bertz CT molecular complexity index is 593. The van der Waals surface area contributed by atoms with Gasteiger partial charge < -0.3 is 0 Å². The van der Waals surface area contributed by atoms with Crippen molar-refractivity contribution in [1.82, 2.24) is 0 Å². The van der Waals surface area contributed by atoms with Gasteiger partial charge in [-0.25, -0.2) is 0 Å². The van der Waals surface area contributed by atoms with Crippen LogP contribution in [0.25, 0.3) is 0 Å². The summed E-state index contributed by atoms with van der Waals surface area (Å²) in [5.74, 6) is 0.359. The topological polar surface area (TPSA) is 17.1 Å². The highest BCUT2D eigenvalue weighted by Gasteiger charge is 2.30. The molecule has 0 N–H and O–H groups in total. The molecule has 1 heterocycles. The van der Waals surface area contributed by atoms with Crippen molar-refractivity contribution in [2.24, 2.45) is 5.92 Å². The van der Waals surface area contributed by atoms with Gasteiger partial charge in [-0.1, -0.05) is 24.3 Å². The van der Waals surface area contributed by atoms with Gasteiger partial charge in [-0.3, -0.25) is 4.79 Å². The zero-order valence-corrected chi connectivity index (χ0v) is 13.4. The first-order valence-corrected chi connectivity index (χ1v) is 8.17. The molecular formula is C14H10Br2OS. The van der Waals surface area contributed by atoms with Crippen LogP contribution in [-0.2, 0) is 12.8 Å². The molecule has 1 aromatic carbocycles. The van der Waals surface area contributed by atoms with Crippen LogP contribution in [0.15, 0.2) is 38.6 Å². The molecule has 0 unspecified atom stereocenters. The Morgan fingerprint density at radius 1 is 1.17 bits per heavy atom. The molecule has 1 aliphatic carbocycles. The molecule has 92 valence electrons. The van der Waals surface area contributed by atoms with Crippen molar-refractivity contribution in [3.63, 3.8) is 0 Å². The molecule has 0 aliphatic heterocycles. The number of rotatable bonds is 2. The van der Waals surface area contributed by atoms with Gasteiger partial charge >= 0.3 is 0 Å². The minimum atomic E-state index is 0.101. The summed E-state index contributed by atoms with van der Waals surface area (Å²) in [6.07, 6.45) is 1.74. The third-order valence-corrected chi connectivity index (χ3v) is 6.88. The van der Waals surface area contributed by atoms with E-state index in [2.05, 4.69) is 44.0 Å². The summed E-state index contributed by atoms with van der Waals surface area (Å²) in [7, 11) is 0. The minimum Gasteiger partial charge on any atom is -0.293 e. The van der Waals surface area contributed by atoms with E-state index in [0.29, 0.717) is 0 Å². The molecule has 0 saturated heterocycles. The van der Waals surface area contributed by atoms with Crippen LogP contribution in [0, 0.1) is 5.92 Å². The molecule has 1 aromatic heterocycles. The highest BCUT2D eigenvalue weighted by Crippen LogP contribution is 2.37. The van der Waals surface area contributed by atoms with Crippen LogP contribution >= 0.6 is 43.2 Å². The molecule has 0 saturated carbocycles. The zero-order chi connectivity index (χ0) is 12.7. The smallest absolute Gasteiger partial charge is 0.177 e. The normalized spacial score (nSPS) is 14.8. The molecule has 0 spiro atoms. The van der Waals surface area contributed by atoms with Gasteiger partial charge in [0, 0.05) is 15.8 Å². The van der Waals surface area contributed by atoms with Gasteiger partial charge in [0.2, 0.25) is 0 Å². The Kier molecular flexibility index (Phi) is 3.43. The number of benzene rings is 1. The lowest BCUT2D eigenvalue weighted by Crippen LogP contribution is -2.14. The van der Waals surface area contributed by atoms with Crippen LogP contribution in [0.2, 0.25) is 0 Å². The molecule has 0 amide bonds. The number of Topliss-reactive ketones (excluding diaryl/α,β-unsaturated/α-hetero) is 1. The van der Waals surface area contributed by atoms with Crippen molar-refractivity contribution < 1.29 is 4.79 Å². The first-order valence-electron chi connectivity index (χ1n) is 5.70. The third kappa shape index (κ3) is 2.10. The number of carbonyl (C=O) groups is 1. The van der Waals surface area contributed by atoms with Crippen molar-refractivity contribution in [3.05, 3.63) is 54.6 Å². The molecule has 18 heavy (non-hydrogen) atoms. The lowest BCUT2D eigenvalue weighted by molar-refractivity contribution is 0.0928. The van der Waals surface area contributed by atoms with Gasteiger partial charge in [0.05, 0.1) is 9.35 Å². The van der Waals surface area contributed by atoms with E-state index in [1.807, 2.05) is 17.5 Å². The number of hydrogen-bond acceptors (Lipinski definition) is 2. The van der Waals surface area contributed by atoms with E-state index in [1.54, 1.807) is 0 Å². The second-order valence-electron chi connectivity index (χ2n) is 4.46. The number of hydrogen-bond donors (Lipinski definition) is 0. The Balaban J connectivity index is 1.87. The summed E-state index contributed by atoms with van der Waals surface area (Å²) >= 11 is 8.41. The maximum atomic E-state index is 12.5. The summed E-state index contributed by atoms with van der Waals surface area (Å²) in [6.45, 7) is 0. The lowest BCUT2D eigenvalue weighted by Gasteiger charge is -2.06. The molecule has 0 atom stereocenters. The van der Waals surface area contributed by atoms with E-state index in [9.17, 15) is 4.79 Å². The summed E-state index contributed by atoms with van der Waals surface area (Å²) in [6, 6.07) is 8.34. The molecule has 3 rings (SSSR count). The predicted molar refractivity (Wildman–Crippen MR) is 81.4 cm³/mol. The maximum absolute atomic E-state index is 12.5. The molecule has 1 aliphatic rings. The molecular weight excluding hydrogens is 376 g/mol. The Hall–Kier alpha value is -0.450. The highest BCUT2D eigenvalue weighted by atomic mass is 79.9. The van der Waals surface area contributed by atoms with E-state index >= 15 is 0 Å². The van der Waals surface area contributed by atoms with Crippen molar-refractivity contribution in [2.75, 3.05) is 0 Å². The van der Waals surface area contributed by atoms with Crippen LogP contribution in [0.1, 0.15) is 20.8 Å². The quantitative estimate of drug-likeness (QED) is 0.674. The Labute approximate surface area is 126 Å². The SMILES string of the molecule is O=C(c1scc(Br)c1Br)C1Cc2ccccc2C1. The molecule has 1 nitrogen and oxygen atoms in total. The number of ketones is 1. The van der Waals surface area contributed by atoms with E-state index in [1.165, 1.54) is 22.5 Å². The first kappa shape index (κ1) is 12.6. The van der Waals surface area contributed by atoms with Crippen molar-refractivity contribution in [2.45, 2.75) is 12.8 Å². The Morgan fingerprint density at radius 2 is 1.78 bits per heavy atom. The minimum absolute atomic E-state index is 0.101. The standard InChI is InChI=1S/C14H10Br2OS/c15-11-7-18-14(12(11)16)13(17)10-5-8-3-1-2-4-9(8)6-10/h1-4,7,10H,5-6H2. The molecule has 0 fully saturated rings. The van der Waals surface area contributed by atoms with Crippen LogP contribution in [0.3, 0.4) is 0 Å². The number of carbonyl (C=O) groups excluding carboxylic acids is 1. The fourth-order valence-electron chi connectivity index (χ4n) is 2.42. The molecule has 0 bridgehead atoms. The average molecular weight is 386 g/mol. The van der Waals surface area contributed by atoms with Crippen molar-refractivity contribution in [3.8, 4) is 0 Å². The van der Waals surface area contributed by atoms with Crippen LogP contribution in [0.5, 0.6) is 0 Å². The summed E-state index contributed by atoms with van der Waals surface area (Å²) in [5.41, 5.74) is 2.64. The Morgan fingerprint density at radius 3 is 2.28 bits per heavy atom. The van der Waals surface area contributed by atoms with Gasteiger partial charge in [-0.05, 0) is 55.8 Å². The van der Waals surface area contributed by atoms with Gasteiger partial charge in [-0.2, -0.15) is 0 Å². The molecule has 0 radical (unpaired) electrons. The van der Waals surface area contributed by atoms with Crippen LogP contribution < -0.4 is 0 Å². The van der Waals surface area contributed by atoms with E-state index in [4.69, 9.17) is 0 Å². The van der Waals surface area contributed by atoms with Gasteiger partial charge in [0.15, 0.2) is 5.78 Å². The summed E-state index contributed by atoms with van der Waals surface area (Å²) in [4.78, 5) is 13.3. The predicted octanol–water partition coefficient (Wildman–Crippen LogP) is 4.87. The van der Waals surface area contributed by atoms with Crippen molar-refractivity contribution >= 4 is 49.0 Å². The largest absolute Gasteiger partial charge is 0.293 e. The zero-order valence-electron chi connectivity index (χ0n) is 9.45. The summed E-state index contributed by atoms with van der Waals surface area (Å²) in [5, 5.41) is 1.96. The monoisotopic (exact) mass is 384 g/mol. The number of halogens is 2. The molecule has 2 aromatic rings. The fraction of sp³-hybridized carbons (Fsp3) is 0.214. The molecule has 4 heteroatoms. The van der Waals surface area contributed by atoms with Gasteiger partial charge in [0.1, 0.15) is 0 Å². The van der Waals surface area contributed by atoms with Crippen molar-refractivity contribution in [1.29, 1.82) is 0 Å². The number of fused-ring (bicyclic) bond motifs is 1. The third-order valence-electron chi connectivity index (χ3n) is 3.33. The average Bonchev–Trinajstić information content (AvgIpc) is 2.94. The highest BCUT2D eigenvalue weighted by molar-refractivity contribution is 9.13. The first-order chi connectivity index (χ1) is 8.66. The van der Waals surface area contributed by atoms with Crippen LogP contribution in [-0.4, -0.2) is 5.78 Å². The summed E-state index contributed by atoms with van der Waals surface area (Å²) < 4.78 is 1.86. The van der Waals surface area contributed by atoms with E-state index in [-0.39, 0.29) is 11.7 Å². The van der Waals surface area contributed by atoms with Gasteiger partial charge in [0.25, 0.3) is 0 Å². The second kappa shape index (κ2) is 4.91.